The van der Waals surface area contributed by atoms with Crippen LogP contribution in [0.1, 0.15) is 17.0 Å². The molecule has 7 heteroatoms. The molecule has 0 fully saturated rings. The molecule has 0 atom stereocenters. The number of carbonyl (C=O) groups is 1. The molecule has 6 nitrogen and oxygen atoms in total. The minimum Gasteiger partial charge on any atom is -0.491 e. The molecule has 1 aromatic heterocycles. The molecule has 1 amide bonds. The van der Waals surface area contributed by atoms with Gasteiger partial charge in [0.15, 0.2) is 0 Å². The summed E-state index contributed by atoms with van der Waals surface area (Å²) in [4.78, 5) is 14.5. The van der Waals surface area contributed by atoms with Crippen molar-refractivity contribution in [1.29, 1.82) is 0 Å². The Balaban J connectivity index is 1.55. The van der Waals surface area contributed by atoms with Gasteiger partial charge in [0.25, 0.3) is 0 Å². The lowest BCUT2D eigenvalue weighted by Crippen LogP contribution is -2.33. The summed E-state index contributed by atoms with van der Waals surface area (Å²) in [5, 5.41) is 8.17. The van der Waals surface area contributed by atoms with Gasteiger partial charge in [-0.15, -0.1) is 0 Å². The number of rotatable bonds is 8. The van der Waals surface area contributed by atoms with Gasteiger partial charge < -0.3 is 10.1 Å². The maximum atomic E-state index is 12.6. The molecule has 1 heterocycles. The van der Waals surface area contributed by atoms with Crippen LogP contribution in [-0.4, -0.2) is 47.3 Å². The first kappa shape index (κ1) is 21.9. The molecule has 0 unspecified atom stereocenters. The van der Waals surface area contributed by atoms with Gasteiger partial charge in [0.1, 0.15) is 12.4 Å². The van der Waals surface area contributed by atoms with Crippen LogP contribution < -0.4 is 10.1 Å². The van der Waals surface area contributed by atoms with Crippen molar-refractivity contribution in [2.24, 2.45) is 0 Å². The fraction of sp³-hybridized carbons (Fsp3) is 0.304. The number of hydrogen-bond donors (Lipinski definition) is 1. The molecule has 3 aromatic rings. The van der Waals surface area contributed by atoms with Crippen molar-refractivity contribution in [2.75, 3.05) is 32.1 Å². The second kappa shape index (κ2) is 9.78. The van der Waals surface area contributed by atoms with Crippen LogP contribution in [-0.2, 0) is 4.79 Å². The number of amides is 1. The number of nitrogens with one attached hydrogen (secondary N) is 1. The topological polar surface area (TPSA) is 59.4 Å². The van der Waals surface area contributed by atoms with E-state index in [1.54, 1.807) is 6.07 Å². The molecule has 0 saturated heterocycles. The first-order valence-corrected chi connectivity index (χ1v) is 10.2. The van der Waals surface area contributed by atoms with Gasteiger partial charge in [-0.2, -0.15) is 5.10 Å². The van der Waals surface area contributed by atoms with Crippen LogP contribution in [0.25, 0.3) is 5.69 Å². The van der Waals surface area contributed by atoms with Crippen LogP contribution >= 0.6 is 11.6 Å². The second-order valence-corrected chi connectivity index (χ2v) is 7.77. The van der Waals surface area contributed by atoms with E-state index in [-0.39, 0.29) is 12.5 Å². The van der Waals surface area contributed by atoms with E-state index in [0.717, 1.165) is 22.8 Å². The maximum Gasteiger partial charge on any atom is 0.238 e. The van der Waals surface area contributed by atoms with Crippen molar-refractivity contribution in [3.8, 4) is 11.4 Å². The summed E-state index contributed by atoms with van der Waals surface area (Å²) in [7, 11) is 1.88. The van der Waals surface area contributed by atoms with E-state index >= 15 is 0 Å². The van der Waals surface area contributed by atoms with Gasteiger partial charge >= 0.3 is 0 Å². The van der Waals surface area contributed by atoms with Gasteiger partial charge in [-0.3, -0.25) is 9.69 Å². The predicted molar refractivity (Wildman–Crippen MR) is 121 cm³/mol. The lowest BCUT2D eigenvalue weighted by atomic mass is 10.2. The number of carbonyl (C=O) groups excluding carboxylic acids is 1. The number of nitrogens with zero attached hydrogens (tertiary/aromatic N) is 3. The standard InChI is InChI=1S/C23H27ClN4O2/c1-16-9-11-19(12-10-16)28-18(3)23(17(2)26-28)25-22(29)15-27(4)13-14-30-21-8-6-5-7-20(21)24/h5-12H,13-15H2,1-4H3,(H,25,29). The van der Waals surface area contributed by atoms with E-state index in [1.807, 2.05) is 79.9 Å². The highest BCUT2D eigenvalue weighted by Gasteiger charge is 2.16. The minimum absolute atomic E-state index is 0.0927. The SMILES string of the molecule is Cc1ccc(-n2nc(C)c(NC(=O)CN(C)CCOc3ccccc3Cl)c2C)cc1. The summed E-state index contributed by atoms with van der Waals surface area (Å²) in [5.74, 6) is 0.552. The van der Waals surface area contributed by atoms with E-state index in [1.165, 1.54) is 5.56 Å². The second-order valence-electron chi connectivity index (χ2n) is 7.36. The number of aryl methyl sites for hydroxylation is 2. The molecule has 0 radical (unpaired) electrons. The number of anilines is 1. The van der Waals surface area contributed by atoms with Crippen LogP contribution in [0.2, 0.25) is 5.02 Å². The number of aromatic nitrogens is 2. The Kier molecular flexibility index (Phi) is 7.13. The van der Waals surface area contributed by atoms with Crippen molar-refractivity contribution in [2.45, 2.75) is 20.8 Å². The van der Waals surface area contributed by atoms with Crippen molar-refractivity contribution >= 4 is 23.2 Å². The Morgan fingerprint density at radius 2 is 1.83 bits per heavy atom. The third kappa shape index (κ3) is 5.40. The van der Waals surface area contributed by atoms with Crippen molar-refractivity contribution in [1.82, 2.24) is 14.7 Å². The largest absolute Gasteiger partial charge is 0.491 e. The number of para-hydroxylation sites is 1. The molecule has 0 spiro atoms. The van der Waals surface area contributed by atoms with Crippen molar-refractivity contribution in [3.05, 3.63) is 70.5 Å². The Bertz CT molecular complexity index is 1010. The molecule has 0 aliphatic carbocycles. The molecule has 30 heavy (non-hydrogen) atoms. The van der Waals surface area contributed by atoms with Crippen LogP contribution in [0, 0.1) is 20.8 Å². The highest BCUT2D eigenvalue weighted by Crippen LogP contribution is 2.24. The Morgan fingerprint density at radius 3 is 2.53 bits per heavy atom. The highest BCUT2D eigenvalue weighted by atomic mass is 35.5. The molecule has 3 rings (SSSR count). The lowest BCUT2D eigenvalue weighted by Gasteiger charge is -2.17. The lowest BCUT2D eigenvalue weighted by molar-refractivity contribution is -0.117. The van der Waals surface area contributed by atoms with Gasteiger partial charge in [0, 0.05) is 6.54 Å². The van der Waals surface area contributed by atoms with E-state index in [2.05, 4.69) is 10.4 Å². The van der Waals surface area contributed by atoms with Gasteiger partial charge in [-0.1, -0.05) is 41.4 Å². The zero-order chi connectivity index (χ0) is 21.7. The molecule has 158 valence electrons. The summed E-state index contributed by atoms with van der Waals surface area (Å²) >= 11 is 6.09. The first-order valence-electron chi connectivity index (χ1n) is 9.84. The predicted octanol–water partition coefficient (Wildman–Crippen LogP) is 4.40. The van der Waals surface area contributed by atoms with Crippen molar-refractivity contribution in [3.63, 3.8) is 0 Å². The molecular formula is C23H27ClN4O2. The number of hydrogen-bond acceptors (Lipinski definition) is 4. The van der Waals surface area contributed by atoms with Crippen molar-refractivity contribution < 1.29 is 9.53 Å². The number of benzene rings is 2. The first-order chi connectivity index (χ1) is 14.3. The monoisotopic (exact) mass is 426 g/mol. The number of likely N-dealkylation sites (N-methyl/N-ethyl adjacent to an activating group) is 1. The normalized spacial score (nSPS) is 11.0. The van der Waals surface area contributed by atoms with E-state index < -0.39 is 0 Å². The third-order valence-electron chi connectivity index (χ3n) is 4.82. The van der Waals surface area contributed by atoms with E-state index in [0.29, 0.717) is 23.9 Å². The van der Waals surface area contributed by atoms with Crippen LogP contribution in [0.4, 0.5) is 5.69 Å². The summed E-state index contributed by atoms with van der Waals surface area (Å²) in [6.45, 7) is 7.19. The summed E-state index contributed by atoms with van der Waals surface area (Å²) < 4.78 is 7.54. The molecule has 0 bridgehead atoms. The fourth-order valence-electron chi connectivity index (χ4n) is 3.14. The minimum atomic E-state index is -0.0927. The Labute approximate surface area is 182 Å². The zero-order valence-corrected chi connectivity index (χ0v) is 18.5. The van der Waals surface area contributed by atoms with Gasteiger partial charge in [0.05, 0.1) is 34.3 Å². The third-order valence-corrected chi connectivity index (χ3v) is 5.13. The quantitative estimate of drug-likeness (QED) is 0.580. The summed E-state index contributed by atoms with van der Waals surface area (Å²) in [6, 6.07) is 15.5. The highest BCUT2D eigenvalue weighted by molar-refractivity contribution is 6.32. The number of halogens is 1. The molecule has 0 saturated carbocycles. The number of ether oxygens (including phenoxy) is 1. The van der Waals surface area contributed by atoms with Crippen LogP contribution in [0.15, 0.2) is 48.5 Å². The van der Waals surface area contributed by atoms with Gasteiger partial charge in [0.2, 0.25) is 5.91 Å². The smallest absolute Gasteiger partial charge is 0.238 e. The Hall–Kier alpha value is -2.83. The zero-order valence-electron chi connectivity index (χ0n) is 17.8. The summed E-state index contributed by atoms with van der Waals surface area (Å²) in [5.41, 5.74) is 4.59. The molecule has 2 aromatic carbocycles. The molecule has 0 aliphatic rings. The molecule has 0 aliphatic heterocycles. The average molecular weight is 427 g/mol. The maximum absolute atomic E-state index is 12.6. The van der Waals surface area contributed by atoms with Crippen LogP contribution in [0.5, 0.6) is 5.75 Å². The van der Waals surface area contributed by atoms with Gasteiger partial charge in [-0.25, -0.2) is 4.68 Å². The Morgan fingerprint density at radius 1 is 1.13 bits per heavy atom. The van der Waals surface area contributed by atoms with E-state index in [4.69, 9.17) is 16.3 Å². The van der Waals surface area contributed by atoms with E-state index in [9.17, 15) is 4.79 Å². The molecular weight excluding hydrogens is 400 g/mol. The fourth-order valence-corrected chi connectivity index (χ4v) is 3.33. The van der Waals surface area contributed by atoms with Gasteiger partial charge in [-0.05, 0) is 52.1 Å². The molecule has 1 N–H and O–H groups in total. The average Bonchev–Trinajstić information content (AvgIpc) is 2.98. The van der Waals surface area contributed by atoms with Crippen LogP contribution in [0.3, 0.4) is 0 Å². The summed E-state index contributed by atoms with van der Waals surface area (Å²) in [6.07, 6.45) is 0.